The van der Waals surface area contributed by atoms with Gasteiger partial charge in [0.15, 0.2) is 6.61 Å². The Balaban J connectivity index is 1.51. The number of anilines is 1. The van der Waals surface area contributed by atoms with Crippen molar-refractivity contribution in [2.75, 3.05) is 11.9 Å². The number of carbonyl (C=O) groups excluding carboxylic acids is 1. The van der Waals surface area contributed by atoms with Gasteiger partial charge in [-0.15, -0.1) is 0 Å². The predicted octanol–water partition coefficient (Wildman–Crippen LogP) is 5.42. The molecule has 4 rings (SSSR count). The normalized spacial score (nSPS) is 10.8. The molecular weight excluding hydrogens is 473 g/mol. The first-order chi connectivity index (χ1) is 15.4. The lowest BCUT2D eigenvalue weighted by molar-refractivity contribution is -0.118. The Hall–Kier alpha value is -3.06. The summed E-state index contributed by atoms with van der Waals surface area (Å²) in [5, 5.41) is 4.36. The van der Waals surface area contributed by atoms with E-state index in [-0.39, 0.29) is 24.6 Å². The van der Waals surface area contributed by atoms with Crippen molar-refractivity contribution in [1.29, 1.82) is 0 Å². The summed E-state index contributed by atoms with van der Waals surface area (Å²) < 4.78 is 6.91. The van der Waals surface area contributed by atoms with E-state index in [1.54, 1.807) is 60.7 Å². The molecule has 6 nitrogen and oxygen atoms in total. The van der Waals surface area contributed by atoms with Crippen LogP contribution in [0.15, 0.2) is 71.8 Å². The first-order valence-corrected chi connectivity index (χ1v) is 10.6. The minimum absolute atomic E-state index is 0.226. The standard InChI is InChI=1S/C23H16Cl3N3O3/c24-17-7-5-14(9-19(17)26)11-29-13-27-20-8-6-15(10-16(20)23(29)31)28-22(30)12-32-21-4-2-1-3-18(21)25/h1-10,13H,11-12H2,(H,28,30). The smallest absolute Gasteiger partial charge is 0.262 e. The van der Waals surface area contributed by atoms with Gasteiger partial charge >= 0.3 is 0 Å². The molecule has 9 heteroatoms. The summed E-state index contributed by atoms with van der Waals surface area (Å²) in [4.78, 5) is 29.6. The number of aromatic nitrogens is 2. The lowest BCUT2D eigenvalue weighted by atomic mass is 10.2. The number of para-hydroxylation sites is 1. The van der Waals surface area contributed by atoms with Crippen LogP contribution in [0.5, 0.6) is 5.75 Å². The van der Waals surface area contributed by atoms with Crippen LogP contribution in [-0.2, 0) is 11.3 Å². The first kappa shape index (κ1) is 22.1. The van der Waals surface area contributed by atoms with Crippen molar-refractivity contribution in [2.45, 2.75) is 6.54 Å². The van der Waals surface area contributed by atoms with Crippen LogP contribution in [0.3, 0.4) is 0 Å². The summed E-state index contributed by atoms with van der Waals surface area (Å²) >= 11 is 18.0. The average molecular weight is 489 g/mol. The molecule has 1 N–H and O–H groups in total. The van der Waals surface area contributed by atoms with Gasteiger partial charge in [0.05, 0.1) is 38.8 Å². The molecule has 0 unspecified atom stereocenters. The lowest BCUT2D eigenvalue weighted by Gasteiger charge is -2.10. The third-order valence-electron chi connectivity index (χ3n) is 4.64. The van der Waals surface area contributed by atoms with Crippen molar-refractivity contribution >= 4 is 57.3 Å². The zero-order valence-corrected chi connectivity index (χ0v) is 18.8. The Morgan fingerprint density at radius 3 is 2.56 bits per heavy atom. The van der Waals surface area contributed by atoms with Gasteiger partial charge in [-0.25, -0.2) is 4.98 Å². The van der Waals surface area contributed by atoms with Gasteiger partial charge in [0.1, 0.15) is 5.75 Å². The van der Waals surface area contributed by atoms with E-state index >= 15 is 0 Å². The maximum absolute atomic E-state index is 13.0. The van der Waals surface area contributed by atoms with Crippen LogP contribution >= 0.6 is 34.8 Å². The third-order valence-corrected chi connectivity index (χ3v) is 5.69. The number of carbonyl (C=O) groups is 1. The van der Waals surface area contributed by atoms with Crippen LogP contribution < -0.4 is 15.6 Å². The molecule has 0 fully saturated rings. The Morgan fingerprint density at radius 1 is 0.969 bits per heavy atom. The molecule has 0 saturated carbocycles. The van der Waals surface area contributed by atoms with Crippen LogP contribution in [0, 0.1) is 0 Å². The number of amides is 1. The van der Waals surface area contributed by atoms with Gasteiger partial charge in [0.25, 0.3) is 11.5 Å². The summed E-state index contributed by atoms with van der Waals surface area (Å²) in [6.07, 6.45) is 1.48. The molecule has 0 radical (unpaired) electrons. The fourth-order valence-corrected chi connectivity index (χ4v) is 3.60. The number of ether oxygens (including phenoxy) is 1. The van der Waals surface area contributed by atoms with Crippen molar-refractivity contribution in [1.82, 2.24) is 9.55 Å². The summed E-state index contributed by atoms with van der Waals surface area (Å²) in [6, 6.07) is 17.0. The van der Waals surface area contributed by atoms with Crippen molar-refractivity contribution < 1.29 is 9.53 Å². The van der Waals surface area contributed by atoms with Crippen LogP contribution in [0.1, 0.15) is 5.56 Å². The van der Waals surface area contributed by atoms with Gasteiger partial charge in [0, 0.05) is 5.69 Å². The van der Waals surface area contributed by atoms with E-state index < -0.39 is 0 Å². The molecule has 162 valence electrons. The summed E-state index contributed by atoms with van der Waals surface area (Å²) in [5.41, 5.74) is 1.54. The molecule has 0 bridgehead atoms. The quantitative estimate of drug-likeness (QED) is 0.393. The highest BCUT2D eigenvalue weighted by Crippen LogP contribution is 2.24. The molecule has 1 amide bonds. The zero-order chi connectivity index (χ0) is 22.7. The highest BCUT2D eigenvalue weighted by Gasteiger charge is 2.10. The lowest BCUT2D eigenvalue weighted by Crippen LogP contribution is -2.22. The van der Waals surface area contributed by atoms with E-state index in [4.69, 9.17) is 39.5 Å². The molecular formula is C23H16Cl3N3O3. The van der Waals surface area contributed by atoms with Gasteiger partial charge in [0.2, 0.25) is 0 Å². The fraction of sp³-hybridized carbons (Fsp3) is 0.0870. The van der Waals surface area contributed by atoms with E-state index in [2.05, 4.69) is 10.3 Å². The van der Waals surface area contributed by atoms with Crippen LogP contribution in [0.2, 0.25) is 15.1 Å². The molecule has 4 aromatic rings. The van der Waals surface area contributed by atoms with E-state index in [0.29, 0.717) is 37.4 Å². The number of rotatable bonds is 6. The molecule has 1 heterocycles. The highest BCUT2D eigenvalue weighted by molar-refractivity contribution is 6.42. The molecule has 0 aliphatic rings. The molecule has 1 aromatic heterocycles. The molecule has 0 atom stereocenters. The van der Waals surface area contributed by atoms with Crippen molar-refractivity contribution in [2.24, 2.45) is 0 Å². The van der Waals surface area contributed by atoms with Crippen molar-refractivity contribution in [3.63, 3.8) is 0 Å². The number of fused-ring (bicyclic) bond motifs is 1. The number of hydrogen-bond donors (Lipinski definition) is 1. The molecule has 32 heavy (non-hydrogen) atoms. The average Bonchev–Trinajstić information content (AvgIpc) is 2.78. The number of nitrogens with one attached hydrogen (secondary N) is 1. The fourth-order valence-electron chi connectivity index (χ4n) is 3.09. The summed E-state index contributed by atoms with van der Waals surface area (Å²) in [7, 11) is 0. The number of benzene rings is 3. The van der Waals surface area contributed by atoms with E-state index in [1.807, 2.05) is 0 Å². The first-order valence-electron chi connectivity index (χ1n) is 9.51. The van der Waals surface area contributed by atoms with E-state index in [9.17, 15) is 9.59 Å². The summed E-state index contributed by atoms with van der Waals surface area (Å²) in [5.74, 6) is 0.0292. The van der Waals surface area contributed by atoms with Gasteiger partial charge in [-0.05, 0) is 48.0 Å². The Bertz CT molecular complexity index is 1370. The second kappa shape index (κ2) is 9.61. The van der Waals surface area contributed by atoms with Gasteiger partial charge in [-0.3, -0.25) is 14.2 Å². The predicted molar refractivity (Wildman–Crippen MR) is 127 cm³/mol. The van der Waals surface area contributed by atoms with Gasteiger partial charge in [-0.2, -0.15) is 0 Å². The topological polar surface area (TPSA) is 73.2 Å². The maximum atomic E-state index is 13.0. The number of nitrogens with zero attached hydrogens (tertiary/aromatic N) is 2. The minimum atomic E-state index is -0.385. The maximum Gasteiger partial charge on any atom is 0.262 e. The second-order valence-corrected chi connectivity index (χ2v) is 8.15. The monoisotopic (exact) mass is 487 g/mol. The molecule has 0 aliphatic carbocycles. The van der Waals surface area contributed by atoms with Crippen LogP contribution in [0.4, 0.5) is 5.69 Å². The van der Waals surface area contributed by atoms with Crippen molar-refractivity contribution in [3.8, 4) is 5.75 Å². The van der Waals surface area contributed by atoms with Gasteiger partial charge < -0.3 is 10.1 Å². The molecule has 0 spiro atoms. The molecule has 0 aliphatic heterocycles. The molecule has 3 aromatic carbocycles. The largest absolute Gasteiger partial charge is 0.482 e. The Kier molecular flexibility index (Phi) is 6.65. The van der Waals surface area contributed by atoms with E-state index in [1.165, 1.54) is 10.9 Å². The third kappa shape index (κ3) is 5.05. The van der Waals surface area contributed by atoms with Crippen LogP contribution in [0.25, 0.3) is 10.9 Å². The number of halogens is 3. The van der Waals surface area contributed by atoms with Gasteiger partial charge in [-0.1, -0.05) is 53.0 Å². The van der Waals surface area contributed by atoms with Crippen molar-refractivity contribution in [3.05, 3.63) is 98.0 Å². The second-order valence-electron chi connectivity index (χ2n) is 6.93. The Morgan fingerprint density at radius 2 is 1.78 bits per heavy atom. The number of hydrogen-bond acceptors (Lipinski definition) is 4. The van der Waals surface area contributed by atoms with E-state index in [0.717, 1.165) is 5.56 Å². The SMILES string of the molecule is O=C(COc1ccccc1Cl)Nc1ccc2ncn(Cc3ccc(Cl)c(Cl)c3)c(=O)c2c1. The van der Waals surface area contributed by atoms with Crippen LogP contribution in [-0.4, -0.2) is 22.1 Å². The highest BCUT2D eigenvalue weighted by atomic mass is 35.5. The summed E-state index contributed by atoms with van der Waals surface area (Å²) in [6.45, 7) is 0.0529. The minimum Gasteiger partial charge on any atom is -0.482 e. The zero-order valence-electron chi connectivity index (χ0n) is 16.5. The Labute approximate surface area is 198 Å². The molecule has 0 saturated heterocycles.